The fourth-order valence-corrected chi connectivity index (χ4v) is 8.65. The van der Waals surface area contributed by atoms with Crippen molar-refractivity contribution in [2.45, 2.75) is 76.0 Å². The Morgan fingerprint density at radius 1 is 1.06 bits per heavy atom. The van der Waals surface area contributed by atoms with Crippen LogP contribution in [0.5, 0.6) is 6.01 Å². The summed E-state index contributed by atoms with van der Waals surface area (Å²) in [5.74, 6) is -0.501. The molecule has 3 saturated heterocycles. The van der Waals surface area contributed by atoms with Gasteiger partial charge in [-0.25, -0.2) is 13.6 Å². The number of carbonyl (C=O) groups excluding carboxylic acids is 1. The molecule has 6 aliphatic rings. The van der Waals surface area contributed by atoms with Crippen molar-refractivity contribution in [3.05, 3.63) is 53.7 Å². The van der Waals surface area contributed by atoms with Gasteiger partial charge in [0.2, 0.25) is 0 Å². The summed E-state index contributed by atoms with van der Waals surface area (Å²) in [5, 5.41) is 4.86. The third-order valence-corrected chi connectivity index (χ3v) is 11.3. The summed E-state index contributed by atoms with van der Waals surface area (Å²) < 4.78 is 50.6. The number of anilines is 1. The molecule has 1 amide bonds. The number of nitrogens with zero attached hydrogens (tertiary/aromatic N) is 5. The fraction of sp³-hybridized carbons (Fsp3) is 0.526. The first-order chi connectivity index (χ1) is 24.2. The highest BCUT2D eigenvalue weighted by Gasteiger charge is 2.47. The van der Waals surface area contributed by atoms with Crippen LogP contribution in [-0.4, -0.2) is 89.6 Å². The number of pyridine rings is 1. The number of halogens is 2. The minimum Gasteiger partial charge on any atom is -0.463 e. The van der Waals surface area contributed by atoms with Gasteiger partial charge < -0.3 is 24.4 Å². The molecular formula is C38H42F2N6O4. The first kappa shape index (κ1) is 31.8. The minimum absolute atomic E-state index is 0.000878. The van der Waals surface area contributed by atoms with Crippen LogP contribution in [0, 0.1) is 17.0 Å². The van der Waals surface area contributed by atoms with Gasteiger partial charge in [0.15, 0.2) is 5.82 Å². The fourth-order valence-electron chi connectivity index (χ4n) is 8.65. The molecule has 8 bridgehead atoms. The van der Waals surface area contributed by atoms with Gasteiger partial charge >= 0.3 is 12.1 Å². The van der Waals surface area contributed by atoms with Gasteiger partial charge in [-0.2, -0.15) is 9.97 Å². The van der Waals surface area contributed by atoms with E-state index in [0.29, 0.717) is 72.5 Å². The van der Waals surface area contributed by atoms with Crippen LogP contribution >= 0.6 is 0 Å². The summed E-state index contributed by atoms with van der Waals surface area (Å²) in [6, 6.07) is 8.70. The van der Waals surface area contributed by atoms with Crippen LogP contribution in [0.4, 0.5) is 19.4 Å². The topological polar surface area (TPSA) is 102 Å². The normalized spacial score (nSPS) is 26.2. The quantitative estimate of drug-likeness (QED) is 0.264. The average molecular weight is 685 g/mol. The Morgan fingerprint density at radius 3 is 2.72 bits per heavy atom. The van der Waals surface area contributed by atoms with Crippen LogP contribution < -0.4 is 15.0 Å². The third kappa shape index (κ3) is 5.89. The van der Waals surface area contributed by atoms with Gasteiger partial charge in [-0.05, 0) is 80.7 Å². The van der Waals surface area contributed by atoms with E-state index in [-0.39, 0.29) is 29.2 Å². The predicted molar refractivity (Wildman–Crippen MR) is 184 cm³/mol. The Morgan fingerprint density at radius 2 is 1.90 bits per heavy atom. The molecule has 0 radical (unpaired) electrons. The molecule has 4 fully saturated rings. The van der Waals surface area contributed by atoms with Gasteiger partial charge in [0, 0.05) is 49.9 Å². The number of likely N-dealkylation sites (tertiary alicyclic amines) is 1. The molecule has 1 saturated carbocycles. The van der Waals surface area contributed by atoms with Crippen molar-refractivity contribution in [2.24, 2.45) is 5.41 Å². The second kappa shape index (κ2) is 12.3. The number of alkyl carbamates (subject to hydrolysis) is 1. The second-order valence-corrected chi connectivity index (χ2v) is 15.3. The number of carbonyl (C=O) groups is 1. The number of aryl methyl sites for hydroxylation is 1. The van der Waals surface area contributed by atoms with Gasteiger partial charge in [0.25, 0.3) is 0 Å². The number of amides is 1. The minimum atomic E-state index is -0.628. The molecule has 10 rings (SSSR count). The summed E-state index contributed by atoms with van der Waals surface area (Å²) in [4.78, 5) is 31.9. The molecule has 2 aromatic carbocycles. The third-order valence-electron chi connectivity index (χ3n) is 11.3. The number of piperidine rings is 1. The Kier molecular flexibility index (Phi) is 7.80. The van der Waals surface area contributed by atoms with Crippen LogP contribution in [0.1, 0.15) is 57.4 Å². The monoisotopic (exact) mass is 684 g/mol. The SMILES string of the molecule is C[C@@]12CCCN(C1)c1nc(OCC3(CN4CC5CCC(C4)O5)CC3)nc3c(F)c(ncc13)-c1cccc3ccc(F)c(c13)CCCOC(=O)N2. The molecule has 5 aliphatic heterocycles. The van der Waals surface area contributed by atoms with Crippen molar-refractivity contribution in [3.8, 4) is 17.3 Å². The lowest BCUT2D eigenvalue weighted by atomic mass is 9.91. The van der Waals surface area contributed by atoms with E-state index in [0.717, 1.165) is 63.5 Å². The van der Waals surface area contributed by atoms with E-state index in [2.05, 4.69) is 20.1 Å². The molecule has 7 heterocycles. The van der Waals surface area contributed by atoms with Crippen LogP contribution in [0.3, 0.4) is 0 Å². The van der Waals surface area contributed by atoms with Crippen molar-refractivity contribution in [1.29, 1.82) is 0 Å². The van der Waals surface area contributed by atoms with E-state index >= 15 is 8.78 Å². The zero-order valence-corrected chi connectivity index (χ0v) is 28.4. The maximum atomic E-state index is 17.0. The number of morpholine rings is 1. The average Bonchev–Trinajstić information content (AvgIpc) is 3.78. The highest BCUT2D eigenvalue weighted by atomic mass is 19.1. The molecule has 4 aromatic rings. The molecule has 262 valence electrons. The molecule has 1 N–H and O–H groups in total. The maximum absolute atomic E-state index is 17.0. The summed E-state index contributed by atoms with van der Waals surface area (Å²) in [7, 11) is 0. The lowest BCUT2D eigenvalue weighted by Crippen LogP contribution is -2.57. The van der Waals surface area contributed by atoms with E-state index in [1.165, 1.54) is 6.07 Å². The van der Waals surface area contributed by atoms with Crippen molar-refractivity contribution >= 4 is 33.6 Å². The molecule has 3 atom stereocenters. The number of nitrogens with one attached hydrogen (secondary N) is 1. The lowest BCUT2D eigenvalue weighted by Gasteiger charge is -2.41. The number of aromatic nitrogens is 3. The largest absolute Gasteiger partial charge is 0.463 e. The van der Waals surface area contributed by atoms with E-state index < -0.39 is 23.3 Å². The second-order valence-electron chi connectivity index (χ2n) is 15.3. The Labute approximate surface area is 289 Å². The first-order valence-corrected chi connectivity index (χ1v) is 18.0. The molecular weight excluding hydrogens is 642 g/mol. The van der Waals surface area contributed by atoms with Crippen LogP contribution in [0.15, 0.2) is 36.5 Å². The zero-order chi connectivity index (χ0) is 34.0. The smallest absolute Gasteiger partial charge is 0.407 e. The van der Waals surface area contributed by atoms with Crippen LogP contribution in [-0.2, 0) is 15.9 Å². The standard InChI is InChI=1S/C38H42F2N6O4/c1-37-12-4-15-46(20-37)34-28-17-41-32(27-6-2-5-23-8-11-29(39)26(30(23)27)7-3-16-48-36(47)44-37)31(40)33(28)42-35(43-34)49-22-38(13-14-38)21-45-18-24-9-10-25(19-45)50-24/h2,5-6,8,11,17,24-25H,3-4,7,9-10,12-16,18-22H2,1H3,(H,44,47)/t24?,25?,37-/m1/s1. The van der Waals surface area contributed by atoms with Crippen LogP contribution in [0.25, 0.3) is 32.9 Å². The molecule has 2 aromatic heterocycles. The lowest BCUT2D eigenvalue weighted by molar-refractivity contribution is -0.0460. The van der Waals surface area contributed by atoms with Crippen LogP contribution in [0.2, 0.25) is 0 Å². The molecule has 1 aliphatic carbocycles. The number of benzene rings is 2. The molecule has 0 spiro atoms. The first-order valence-electron chi connectivity index (χ1n) is 18.0. The van der Waals surface area contributed by atoms with Crippen molar-refractivity contribution in [1.82, 2.24) is 25.2 Å². The number of hydrogen-bond acceptors (Lipinski definition) is 9. The van der Waals surface area contributed by atoms with Gasteiger partial charge in [0.1, 0.15) is 22.8 Å². The van der Waals surface area contributed by atoms with E-state index in [1.54, 1.807) is 18.3 Å². The number of ether oxygens (including phenoxy) is 3. The van der Waals surface area contributed by atoms with E-state index in [1.807, 2.05) is 19.1 Å². The number of hydrogen-bond donors (Lipinski definition) is 1. The molecule has 10 nitrogen and oxygen atoms in total. The summed E-state index contributed by atoms with van der Waals surface area (Å²) in [6.07, 6.45) is 8.29. The van der Waals surface area contributed by atoms with Gasteiger partial charge in [-0.15, -0.1) is 0 Å². The zero-order valence-electron chi connectivity index (χ0n) is 28.4. The Balaban J connectivity index is 1.13. The van der Waals surface area contributed by atoms with E-state index in [9.17, 15) is 4.79 Å². The molecule has 12 heteroatoms. The summed E-state index contributed by atoms with van der Waals surface area (Å²) in [5.41, 5.74) is 0.467. The maximum Gasteiger partial charge on any atom is 0.407 e. The molecule has 50 heavy (non-hydrogen) atoms. The Hall–Kier alpha value is -4.16. The summed E-state index contributed by atoms with van der Waals surface area (Å²) >= 11 is 0. The van der Waals surface area contributed by atoms with Gasteiger partial charge in [-0.3, -0.25) is 9.88 Å². The van der Waals surface area contributed by atoms with Gasteiger partial charge in [0.05, 0.1) is 36.3 Å². The summed E-state index contributed by atoms with van der Waals surface area (Å²) in [6.45, 7) is 6.43. The van der Waals surface area contributed by atoms with Crippen molar-refractivity contribution in [2.75, 3.05) is 50.8 Å². The highest BCUT2D eigenvalue weighted by Crippen LogP contribution is 2.47. The Bertz CT molecular complexity index is 1980. The van der Waals surface area contributed by atoms with Crippen molar-refractivity contribution in [3.63, 3.8) is 0 Å². The van der Waals surface area contributed by atoms with Gasteiger partial charge in [-0.1, -0.05) is 24.3 Å². The van der Waals surface area contributed by atoms with E-state index in [4.69, 9.17) is 24.2 Å². The predicted octanol–water partition coefficient (Wildman–Crippen LogP) is 6.18. The molecule has 2 unspecified atom stereocenters. The highest BCUT2D eigenvalue weighted by molar-refractivity contribution is 6.01. The number of fused-ring (bicyclic) bond motifs is 8. The van der Waals surface area contributed by atoms with Crippen molar-refractivity contribution < 1.29 is 27.8 Å². The number of rotatable bonds is 5.